The van der Waals surface area contributed by atoms with E-state index in [-0.39, 0.29) is 5.56 Å². The van der Waals surface area contributed by atoms with Crippen molar-refractivity contribution in [2.75, 3.05) is 14.2 Å². The van der Waals surface area contributed by atoms with Crippen molar-refractivity contribution in [3.63, 3.8) is 0 Å². The van der Waals surface area contributed by atoms with Gasteiger partial charge in [-0.05, 0) is 19.1 Å². The number of carbonyl (C=O) groups excluding carboxylic acids is 2. The van der Waals surface area contributed by atoms with Gasteiger partial charge in [0, 0.05) is 11.6 Å². The Morgan fingerprint density at radius 1 is 0.964 bits per heavy atom. The van der Waals surface area contributed by atoms with Crippen molar-refractivity contribution in [1.29, 1.82) is 0 Å². The van der Waals surface area contributed by atoms with Crippen LogP contribution in [0.1, 0.15) is 25.7 Å². The number of carbonyl (C=O) groups is 2. The Bertz CT molecular complexity index is 1000. The molecule has 0 fully saturated rings. The lowest BCUT2D eigenvalue weighted by Gasteiger charge is -2.11. The van der Waals surface area contributed by atoms with Crippen LogP contribution in [0, 0.1) is 6.92 Å². The van der Waals surface area contributed by atoms with Gasteiger partial charge in [0.2, 0.25) is 0 Å². The van der Waals surface area contributed by atoms with E-state index in [4.69, 9.17) is 9.47 Å². The van der Waals surface area contributed by atoms with Crippen LogP contribution in [-0.2, 0) is 0 Å². The van der Waals surface area contributed by atoms with E-state index in [1.54, 1.807) is 25.1 Å². The molecule has 0 saturated heterocycles. The van der Waals surface area contributed by atoms with Gasteiger partial charge >= 0.3 is 0 Å². The number of nitrogens with one attached hydrogen (secondary N) is 2. The third kappa shape index (κ3) is 4.12. The molecule has 0 aliphatic heterocycles. The van der Waals surface area contributed by atoms with E-state index in [2.05, 4.69) is 15.8 Å². The number of benzene rings is 2. The number of ether oxygens (including phenoxy) is 2. The summed E-state index contributed by atoms with van der Waals surface area (Å²) in [5.74, 6) is -0.0334. The van der Waals surface area contributed by atoms with Crippen molar-refractivity contribution < 1.29 is 19.1 Å². The molecule has 144 valence electrons. The van der Waals surface area contributed by atoms with Gasteiger partial charge in [-0.1, -0.05) is 30.3 Å². The Kier molecular flexibility index (Phi) is 5.90. The van der Waals surface area contributed by atoms with E-state index < -0.39 is 11.8 Å². The number of hydrogen-bond donors (Lipinski definition) is 2. The van der Waals surface area contributed by atoms with Gasteiger partial charge < -0.3 is 9.47 Å². The monoisotopic (exact) mass is 397 g/mol. The molecule has 0 radical (unpaired) electrons. The average Bonchev–Trinajstić information content (AvgIpc) is 3.13. The fourth-order valence-electron chi connectivity index (χ4n) is 2.54. The summed E-state index contributed by atoms with van der Waals surface area (Å²) in [6.07, 6.45) is 0. The number of thiazole rings is 1. The zero-order valence-electron chi connectivity index (χ0n) is 15.6. The molecule has 0 bridgehead atoms. The fraction of sp³-hybridized carbons (Fsp3) is 0.150. The maximum atomic E-state index is 12.5. The summed E-state index contributed by atoms with van der Waals surface area (Å²) in [6, 6.07) is 14.4. The quantitative estimate of drug-likeness (QED) is 0.646. The van der Waals surface area contributed by atoms with E-state index >= 15 is 0 Å². The molecule has 8 heteroatoms. The second-order valence-electron chi connectivity index (χ2n) is 5.77. The molecular weight excluding hydrogens is 378 g/mol. The second kappa shape index (κ2) is 8.53. The first-order chi connectivity index (χ1) is 13.5. The zero-order valence-corrected chi connectivity index (χ0v) is 16.4. The number of rotatable bonds is 5. The van der Waals surface area contributed by atoms with Crippen molar-refractivity contribution >= 4 is 23.2 Å². The van der Waals surface area contributed by atoms with Gasteiger partial charge in [0.05, 0.1) is 25.5 Å². The molecule has 28 heavy (non-hydrogen) atoms. The Balaban J connectivity index is 1.71. The maximum absolute atomic E-state index is 12.5. The minimum absolute atomic E-state index is 0.273. The third-order valence-electron chi connectivity index (χ3n) is 3.97. The van der Waals surface area contributed by atoms with Crippen molar-refractivity contribution in [3.05, 3.63) is 64.7 Å². The Morgan fingerprint density at radius 2 is 1.68 bits per heavy atom. The Labute approximate surface area is 166 Å². The number of hydrogen-bond acceptors (Lipinski definition) is 6. The lowest BCUT2D eigenvalue weighted by molar-refractivity contribution is 0.0846. The predicted molar refractivity (Wildman–Crippen MR) is 107 cm³/mol. The Hall–Kier alpha value is -3.39. The SMILES string of the molecule is COc1ccc(C(=O)NNC(=O)c2sc(-c3ccccc3)nc2C)c(OC)c1. The fourth-order valence-corrected chi connectivity index (χ4v) is 3.50. The number of hydrazine groups is 1. The lowest BCUT2D eigenvalue weighted by Crippen LogP contribution is -2.41. The standard InChI is InChI=1S/C20H19N3O4S/c1-12-17(28-20(21-12)13-7-5-4-6-8-13)19(25)23-22-18(24)15-10-9-14(26-2)11-16(15)27-3/h4-11H,1-3H3,(H,22,24)(H,23,25). The summed E-state index contributed by atoms with van der Waals surface area (Å²) in [6.45, 7) is 1.76. The molecule has 0 spiro atoms. The molecule has 2 amide bonds. The van der Waals surface area contributed by atoms with Crippen LogP contribution in [0.25, 0.3) is 10.6 Å². The first kappa shape index (κ1) is 19.4. The zero-order chi connectivity index (χ0) is 20.1. The number of nitrogens with zero attached hydrogens (tertiary/aromatic N) is 1. The van der Waals surface area contributed by atoms with E-state index in [9.17, 15) is 9.59 Å². The lowest BCUT2D eigenvalue weighted by atomic mass is 10.2. The van der Waals surface area contributed by atoms with Gasteiger partial charge in [-0.3, -0.25) is 20.4 Å². The molecular formula is C20H19N3O4S. The molecule has 0 aliphatic rings. The molecule has 0 aliphatic carbocycles. The van der Waals surface area contributed by atoms with E-state index in [0.717, 1.165) is 10.6 Å². The molecule has 0 saturated carbocycles. The van der Waals surface area contributed by atoms with Crippen LogP contribution in [-0.4, -0.2) is 31.0 Å². The van der Waals surface area contributed by atoms with Crippen molar-refractivity contribution in [1.82, 2.24) is 15.8 Å². The van der Waals surface area contributed by atoms with Crippen LogP contribution < -0.4 is 20.3 Å². The van der Waals surface area contributed by atoms with E-state index in [0.29, 0.717) is 22.1 Å². The van der Waals surface area contributed by atoms with Gasteiger partial charge in [-0.15, -0.1) is 11.3 Å². The number of aromatic nitrogens is 1. The summed E-state index contributed by atoms with van der Waals surface area (Å²) in [7, 11) is 2.98. The smallest absolute Gasteiger partial charge is 0.281 e. The molecule has 2 aromatic carbocycles. The Morgan fingerprint density at radius 3 is 2.36 bits per heavy atom. The largest absolute Gasteiger partial charge is 0.497 e. The summed E-state index contributed by atoms with van der Waals surface area (Å²) in [4.78, 5) is 29.8. The third-order valence-corrected chi connectivity index (χ3v) is 5.17. The van der Waals surface area contributed by atoms with E-state index in [1.165, 1.54) is 25.6 Å². The van der Waals surface area contributed by atoms with Crippen molar-refractivity contribution in [2.45, 2.75) is 6.92 Å². The summed E-state index contributed by atoms with van der Waals surface area (Å²) in [5, 5.41) is 0.742. The van der Waals surface area contributed by atoms with Gasteiger partial charge in [0.15, 0.2) is 0 Å². The van der Waals surface area contributed by atoms with E-state index in [1.807, 2.05) is 30.3 Å². The molecule has 7 nitrogen and oxygen atoms in total. The summed E-state index contributed by atoms with van der Waals surface area (Å²) in [5.41, 5.74) is 6.63. The molecule has 1 heterocycles. The van der Waals surface area contributed by atoms with Gasteiger partial charge in [-0.25, -0.2) is 4.98 Å². The van der Waals surface area contributed by atoms with Crippen LogP contribution in [0.15, 0.2) is 48.5 Å². The van der Waals surface area contributed by atoms with Crippen LogP contribution in [0.2, 0.25) is 0 Å². The number of amides is 2. The van der Waals surface area contributed by atoms with Crippen LogP contribution >= 0.6 is 11.3 Å². The molecule has 0 unspecified atom stereocenters. The predicted octanol–water partition coefficient (Wildman–Crippen LogP) is 3.21. The van der Waals surface area contributed by atoms with Gasteiger partial charge in [0.1, 0.15) is 21.4 Å². The second-order valence-corrected chi connectivity index (χ2v) is 6.77. The van der Waals surface area contributed by atoms with Gasteiger partial charge in [-0.2, -0.15) is 0 Å². The van der Waals surface area contributed by atoms with Crippen molar-refractivity contribution in [3.8, 4) is 22.1 Å². The maximum Gasteiger partial charge on any atom is 0.281 e. The van der Waals surface area contributed by atoms with Crippen LogP contribution in [0.3, 0.4) is 0 Å². The number of aryl methyl sites for hydroxylation is 1. The molecule has 3 aromatic rings. The average molecular weight is 397 g/mol. The minimum Gasteiger partial charge on any atom is -0.497 e. The molecule has 1 aromatic heterocycles. The highest BCUT2D eigenvalue weighted by molar-refractivity contribution is 7.17. The highest BCUT2D eigenvalue weighted by Crippen LogP contribution is 2.28. The first-order valence-corrected chi connectivity index (χ1v) is 9.20. The topological polar surface area (TPSA) is 89.6 Å². The van der Waals surface area contributed by atoms with Gasteiger partial charge in [0.25, 0.3) is 11.8 Å². The summed E-state index contributed by atoms with van der Waals surface area (Å²) >= 11 is 1.27. The first-order valence-electron chi connectivity index (χ1n) is 8.39. The van der Waals surface area contributed by atoms with Crippen molar-refractivity contribution in [2.24, 2.45) is 0 Å². The molecule has 2 N–H and O–H groups in total. The highest BCUT2D eigenvalue weighted by Gasteiger charge is 2.18. The van der Waals surface area contributed by atoms with Crippen LogP contribution in [0.5, 0.6) is 11.5 Å². The molecule has 0 atom stereocenters. The minimum atomic E-state index is -0.502. The van der Waals surface area contributed by atoms with Crippen LogP contribution in [0.4, 0.5) is 0 Å². The highest BCUT2D eigenvalue weighted by atomic mass is 32.1. The summed E-state index contributed by atoms with van der Waals surface area (Å²) < 4.78 is 10.3. The molecule has 3 rings (SSSR count). The normalized spacial score (nSPS) is 10.2. The number of methoxy groups -OCH3 is 2.